The van der Waals surface area contributed by atoms with Crippen LogP contribution in [0.3, 0.4) is 0 Å². The van der Waals surface area contributed by atoms with E-state index in [-0.39, 0.29) is 6.29 Å². The zero-order valence-corrected chi connectivity index (χ0v) is 16.0. The molecular weight excluding hydrogens is 388 g/mol. The van der Waals surface area contributed by atoms with E-state index < -0.39 is 19.7 Å². The minimum Gasteiger partial charge on any atom is -0.462 e. The number of rotatable bonds is 6. The maximum Gasteiger partial charge on any atom is 0.490 e. The van der Waals surface area contributed by atoms with E-state index in [1.54, 1.807) is 24.7 Å². The maximum atomic E-state index is 12.4. The van der Waals surface area contributed by atoms with Crippen LogP contribution in [0.1, 0.15) is 13.8 Å². The van der Waals surface area contributed by atoms with Crippen LogP contribution >= 0.6 is 7.60 Å². The van der Waals surface area contributed by atoms with Crippen LogP contribution in [-0.4, -0.2) is 37.6 Å². The Bertz CT molecular complexity index is 791. The Morgan fingerprint density at radius 2 is 1.74 bits per heavy atom. The number of benzene rings is 1. The summed E-state index contributed by atoms with van der Waals surface area (Å²) in [7, 11) is -2.44. The summed E-state index contributed by atoms with van der Waals surface area (Å²) in [5.74, 6) is -2.17. The Morgan fingerprint density at radius 3 is 2.22 bits per heavy atom. The van der Waals surface area contributed by atoms with Crippen LogP contribution in [0.5, 0.6) is 0 Å². The second kappa shape index (κ2) is 10.3. The summed E-state index contributed by atoms with van der Waals surface area (Å²) >= 11 is 0. The lowest BCUT2D eigenvalue weighted by molar-refractivity contribution is -0.736. The number of esters is 1. The Kier molecular flexibility index (Phi) is 8.81. The number of alkyl halides is 3. The molecule has 150 valence electrons. The second-order valence-electron chi connectivity index (χ2n) is 4.99. The number of hydrogen-bond acceptors (Lipinski definition) is 6. The van der Waals surface area contributed by atoms with Gasteiger partial charge in [0.1, 0.15) is 5.52 Å². The van der Waals surface area contributed by atoms with Crippen molar-refractivity contribution in [3.63, 3.8) is 0 Å². The van der Waals surface area contributed by atoms with E-state index in [2.05, 4.69) is 9.84 Å². The molecule has 0 saturated heterocycles. The van der Waals surface area contributed by atoms with Gasteiger partial charge in [-0.25, -0.2) is 4.79 Å². The zero-order chi connectivity index (χ0) is 20.5. The van der Waals surface area contributed by atoms with Crippen molar-refractivity contribution in [2.75, 3.05) is 20.3 Å². The molecule has 2 rings (SSSR count). The topological polar surface area (TPSA) is 78.6 Å². The molecule has 27 heavy (non-hydrogen) atoms. The van der Waals surface area contributed by atoms with Gasteiger partial charge in [-0.05, 0) is 19.9 Å². The van der Waals surface area contributed by atoms with Gasteiger partial charge in [0.25, 0.3) is 6.29 Å². The van der Waals surface area contributed by atoms with Crippen LogP contribution in [-0.2, 0) is 29.4 Å². The van der Waals surface area contributed by atoms with E-state index in [9.17, 15) is 22.5 Å². The van der Waals surface area contributed by atoms with Crippen LogP contribution in [0.15, 0.2) is 36.5 Å². The number of fused-ring (bicyclic) bond motifs is 1. The Labute approximate surface area is 154 Å². The third-order valence-electron chi connectivity index (χ3n) is 2.99. The fourth-order valence-electron chi connectivity index (χ4n) is 1.94. The average molecular weight is 409 g/mol. The molecule has 11 heteroatoms. The number of halogens is 3. The minimum absolute atomic E-state index is 0.125. The predicted molar refractivity (Wildman–Crippen MR) is 90.9 cm³/mol. The van der Waals surface area contributed by atoms with Crippen LogP contribution in [0, 0.1) is 0 Å². The molecule has 0 atom stereocenters. The lowest BCUT2D eigenvalue weighted by atomic mass is 10.2. The van der Waals surface area contributed by atoms with E-state index in [0.717, 1.165) is 10.9 Å². The minimum atomic E-state index is -4.85. The third-order valence-corrected chi connectivity index (χ3v) is 4.93. The molecule has 0 saturated carbocycles. The van der Waals surface area contributed by atoms with Crippen molar-refractivity contribution in [2.45, 2.75) is 26.3 Å². The first-order valence-corrected chi connectivity index (χ1v) is 9.66. The van der Waals surface area contributed by atoms with Crippen LogP contribution < -0.4 is 4.68 Å². The van der Waals surface area contributed by atoms with Crippen molar-refractivity contribution in [1.82, 2.24) is 5.10 Å². The average Bonchev–Trinajstić information content (AvgIpc) is 2.61. The number of carbonyl (C=O) groups excluding carboxylic acids is 1. The molecule has 0 fully saturated rings. The van der Waals surface area contributed by atoms with Crippen molar-refractivity contribution in [3.05, 3.63) is 36.5 Å². The van der Waals surface area contributed by atoms with Gasteiger partial charge < -0.3 is 13.8 Å². The monoisotopic (exact) mass is 409 g/mol. The number of aromatic nitrogens is 2. The maximum absolute atomic E-state index is 12.4. The smallest absolute Gasteiger partial charge is 0.462 e. The Balaban J connectivity index is 0.000000387. The van der Waals surface area contributed by atoms with Gasteiger partial charge in [0.05, 0.1) is 20.3 Å². The largest absolute Gasteiger partial charge is 0.490 e. The summed E-state index contributed by atoms with van der Waals surface area (Å²) in [5.41, 5.74) is 0.851. The standard InChI is InChI=1S/C13H18N2O3P.C3H3F3O2/c1-3-17-19(16,18-4-2)11-15-10-9-12-7-5-6-8-13(12)14-15;1-8-2(7)3(4,5)6/h5-10H,3-4,11H2,1-2H3;1H3/q+1;. The van der Waals surface area contributed by atoms with E-state index >= 15 is 0 Å². The number of hydrogen-bond donors (Lipinski definition) is 0. The molecule has 0 aliphatic heterocycles. The van der Waals surface area contributed by atoms with Gasteiger partial charge in [0.2, 0.25) is 0 Å². The highest BCUT2D eigenvalue weighted by atomic mass is 31.2. The van der Waals surface area contributed by atoms with E-state index in [0.29, 0.717) is 20.3 Å². The van der Waals surface area contributed by atoms with Gasteiger partial charge in [-0.1, -0.05) is 22.9 Å². The third kappa shape index (κ3) is 7.62. The zero-order valence-electron chi connectivity index (χ0n) is 15.1. The van der Waals surface area contributed by atoms with Gasteiger partial charge in [0, 0.05) is 16.6 Å². The fourth-order valence-corrected chi connectivity index (χ4v) is 3.48. The van der Waals surface area contributed by atoms with E-state index in [1.165, 1.54) is 0 Å². The van der Waals surface area contributed by atoms with Crippen LogP contribution in [0.2, 0.25) is 0 Å². The van der Waals surface area contributed by atoms with Crippen molar-refractivity contribution in [2.24, 2.45) is 0 Å². The molecular formula is C16H21F3N2O5P+. The second-order valence-corrected chi connectivity index (χ2v) is 7.01. The molecule has 0 N–H and O–H groups in total. The highest BCUT2D eigenvalue weighted by molar-refractivity contribution is 7.52. The van der Waals surface area contributed by atoms with Crippen molar-refractivity contribution in [1.29, 1.82) is 0 Å². The van der Waals surface area contributed by atoms with Gasteiger partial charge >= 0.3 is 19.7 Å². The molecule has 0 radical (unpaired) electrons. The van der Waals surface area contributed by atoms with Crippen molar-refractivity contribution >= 4 is 24.5 Å². The summed E-state index contributed by atoms with van der Waals surface area (Å²) in [6.45, 7) is 4.30. The first-order chi connectivity index (χ1) is 12.6. The van der Waals surface area contributed by atoms with Gasteiger partial charge in [0.15, 0.2) is 6.20 Å². The van der Waals surface area contributed by atoms with Gasteiger partial charge in [-0.3, -0.25) is 4.57 Å². The highest BCUT2D eigenvalue weighted by Crippen LogP contribution is 2.47. The molecule has 0 aliphatic rings. The van der Waals surface area contributed by atoms with Crippen LogP contribution in [0.4, 0.5) is 13.2 Å². The summed E-state index contributed by atoms with van der Waals surface area (Å²) in [6, 6.07) is 9.71. The van der Waals surface area contributed by atoms with Crippen molar-refractivity contribution < 1.29 is 41.0 Å². The number of ether oxygens (including phenoxy) is 1. The van der Waals surface area contributed by atoms with Gasteiger partial charge in [-0.2, -0.15) is 13.2 Å². The number of nitrogens with zero attached hydrogens (tertiary/aromatic N) is 2. The normalized spacial score (nSPS) is 11.6. The van der Waals surface area contributed by atoms with Crippen molar-refractivity contribution in [3.8, 4) is 0 Å². The molecule has 1 heterocycles. The highest BCUT2D eigenvalue weighted by Gasteiger charge is 2.40. The SMILES string of the molecule is CCOP(=O)(C[n+]1ccc2ccccc2n1)OCC.COC(=O)C(F)(F)F. The quantitative estimate of drug-likeness (QED) is 0.413. The first kappa shape index (κ1) is 23.0. The first-order valence-electron chi connectivity index (χ1n) is 7.94. The number of methoxy groups -OCH3 is 1. The Hall–Kier alpha value is -2.03. The lowest BCUT2D eigenvalue weighted by Gasteiger charge is -2.12. The molecule has 1 aromatic heterocycles. The summed E-state index contributed by atoms with van der Waals surface area (Å²) in [6.07, 6.45) is -2.94. The predicted octanol–water partition coefficient (Wildman–Crippen LogP) is 3.47. The molecule has 7 nitrogen and oxygen atoms in total. The van der Waals surface area contributed by atoms with Gasteiger partial charge in [-0.15, -0.1) is 0 Å². The molecule has 0 bridgehead atoms. The van der Waals surface area contributed by atoms with E-state index in [1.807, 2.05) is 30.3 Å². The fraction of sp³-hybridized carbons (Fsp3) is 0.438. The number of carbonyl (C=O) groups is 1. The van der Waals surface area contributed by atoms with Crippen LogP contribution in [0.25, 0.3) is 10.9 Å². The molecule has 2 aromatic rings. The summed E-state index contributed by atoms with van der Waals surface area (Å²) in [5, 5.41) is 5.45. The van der Waals surface area contributed by atoms with E-state index in [4.69, 9.17) is 9.05 Å². The summed E-state index contributed by atoms with van der Waals surface area (Å²) < 4.78 is 60.8. The molecule has 0 spiro atoms. The molecule has 0 aliphatic carbocycles. The molecule has 1 aromatic carbocycles. The lowest BCUT2D eigenvalue weighted by Crippen LogP contribution is -2.38. The molecule has 0 amide bonds. The molecule has 0 unspecified atom stereocenters. The summed E-state index contributed by atoms with van der Waals surface area (Å²) in [4.78, 5) is 9.49. The Morgan fingerprint density at radius 1 is 1.15 bits per heavy atom.